The van der Waals surface area contributed by atoms with Crippen molar-refractivity contribution < 1.29 is 19.1 Å². The predicted octanol–water partition coefficient (Wildman–Crippen LogP) is 13.0. The van der Waals surface area contributed by atoms with Crippen molar-refractivity contribution in [2.24, 2.45) is 0 Å². The minimum atomic E-state index is -0.359. The minimum Gasteiger partial charge on any atom is -0.495 e. The molecule has 0 aliphatic heterocycles. The number of halogens is 2. The second-order valence-electron chi connectivity index (χ2n) is 11.8. The summed E-state index contributed by atoms with van der Waals surface area (Å²) < 4.78 is 15.6. The first-order valence-corrected chi connectivity index (χ1v) is 17.6. The Kier molecular flexibility index (Phi) is 21.5. The van der Waals surface area contributed by atoms with Crippen LogP contribution in [0.25, 0.3) is 0 Å². The van der Waals surface area contributed by atoms with Crippen LogP contribution in [0.5, 0.6) is 17.2 Å². The SMILES string of the molecule is CCCOc1ccc(C)cc1.CCOc1ccc(C)cc1Cl.COc1ccc(C)cc1Cl.Cc1ccc(C)c([N+](=O)[O-])c1.Cc1ccccc1C. The Morgan fingerprint density at radius 3 is 1.47 bits per heavy atom. The standard InChI is InChI=1S/C10H14O.C9H11ClO.C8H9ClO.C8H9NO2.C8H10/c1-3-8-11-10-6-4-9(2)5-7-10;1-3-11-9-5-4-7(2)6-8(9)10;1-6-3-4-8(10-2)7(9)5-6;1-6-3-4-7(2)8(5-6)9(10)11;1-7-5-3-4-6-8(7)2/h4-7H,3,8H2,1-2H3;4-6H,3H2,1-2H3;3-5H,1-2H3;3-5H,1-2H3;3-6H,1-2H3. The Bertz CT molecular complexity index is 1740. The maximum absolute atomic E-state index is 10.4. The molecule has 0 aromatic heterocycles. The van der Waals surface area contributed by atoms with E-state index < -0.39 is 0 Å². The molecule has 0 atom stereocenters. The molecule has 8 heteroatoms. The summed E-state index contributed by atoms with van der Waals surface area (Å²) in [7, 11) is 1.61. The summed E-state index contributed by atoms with van der Waals surface area (Å²) in [5.74, 6) is 2.46. The monoisotopic (exact) mass is 733 g/mol. The van der Waals surface area contributed by atoms with Crippen molar-refractivity contribution in [3.8, 4) is 17.2 Å². The molecule has 0 bridgehead atoms. The highest BCUT2D eigenvalue weighted by Gasteiger charge is 2.08. The molecule has 0 radical (unpaired) electrons. The van der Waals surface area contributed by atoms with E-state index in [4.69, 9.17) is 37.4 Å². The van der Waals surface area contributed by atoms with Crippen LogP contribution < -0.4 is 14.2 Å². The highest BCUT2D eigenvalue weighted by molar-refractivity contribution is 6.32. The highest BCUT2D eigenvalue weighted by Crippen LogP contribution is 2.25. The van der Waals surface area contributed by atoms with E-state index in [0.29, 0.717) is 22.2 Å². The van der Waals surface area contributed by atoms with E-state index in [1.165, 1.54) is 16.7 Å². The van der Waals surface area contributed by atoms with Crippen molar-refractivity contribution in [1.29, 1.82) is 0 Å². The molecule has 0 saturated carbocycles. The number of aryl methyl sites for hydroxylation is 7. The maximum Gasteiger partial charge on any atom is 0.272 e. The van der Waals surface area contributed by atoms with E-state index in [1.54, 1.807) is 26.2 Å². The Morgan fingerprint density at radius 2 is 1.06 bits per heavy atom. The number of nitrogens with zero attached hydrogens (tertiary/aromatic N) is 1. The number of methoxy groups -OCH3 is 1. The van der Waals surface area contributed by atoms with Gasteiger partial charge in [0.15, 0.2) is 0 Å². The lowest BCUT2D eigenvalue weighted by Gasteiger charge is -2.04. The lowest BCUT2D eigenvalue weighted by Crippen LogP contribution is -1.94. The molecule has 0 amide bonds. The summed E-state index contributed by atoms with van der Waals surface area (Å²) in [6.45, 7) is 19.4. The molecule has 0 aliphatic rings. The maximum atomic E-state index is 10.4. The van der Waals surface area contributed by atoms with Gasteiger partial charge in [0.25, 0.3) is 5.69 Å². The molecule has 0 fully saturated rings. The number of rotatable bonds is 7. The summed E-state index contributed by atoms with van der Waals surface area (Å²) >= 11 is 11.7. The van der Waals surface area contributed by atoms with E-state index in [0.717, 1.165) is 47.0 Å². The molecule has 51 heavy (non-hydrogen) atoms. The number of ether oxygens (including phenoxy) is 3. The first-order chi connectivity index (χ1) is 24.2. The van der Waals surface area contributed by atoms with Gasteiger partial charge < -0.3 is 14.2 Å². The number of nitro benzene ring substituents is 1. The second-order valence-corrected chi connectivity index (χ2v) is 12.6. The van der Waals surface area contributed by atoms with Gasteiger partial charge in [-0.3, -0.25) is 10.1 Å². The van der Waals surface area contributed by atoms with Gasteiger partial charge >= 0.3 is 0 Å². The molecule has 0 heterocycles. The highest BCUT2D eigenvalue weighted by atomic mass is 35.5. The Hall–Kier alpha value is -4.52. The molecule has 0 aliphatic carbocycles. The van der Waals surface area contributed by atoms with Crippen LogP contribution in [-0.2, 0) is 0 Å². The van der Waals surface area contributed by atoms with Crippen LogP contribution in [0.15, 0.2) is 103 Å². The average Bonchev–Trinajstić information content (AvgIpc) is 3.09. The fourth-order valence-electron chi connectivity index (χ4n) is 4.08. The van der Waals surface area contributed by atoms with Crippen molar-refractivity contribution in [2.75, 3.05) is 20.3 Å². The van der Waals surface area contributed by atoms with Gasteiger partial charge in [-0.25, -0.2) is 0 Å². The molecular weight excluding hydrogens is 681 g/mol. The number of hydrogen-bond donors (Lipinski definition) is 0. The fraction of sp³-hybridized carbons (Fsp3) is 0.302. The summed E-state index contributed by atoms with van der Waals surface area (Å²) in [6, 6.07) is 33.2. The summed E-state index contributed by atoms with van der Waals surface area (Å²) in [5.41, 5.74) is 8.13. The van der Waals surface area contributed by atoms with E-state index >= 15 is 0 Å². The molecule has 0 unspecified atom stereocenters. The summed E-state index contributed by atoms with van der Waals surface area (Å²) in [4.78, 5) is 10.0. The van der Waals surface area contributed by atoms with Crippen molar-refractivity contribution >= 4 is 28.9 Å². The Balaban J connectivity index is 0.000000320. The third kappa shape index (κ3) is 18.3. The van der Waals surface area contributed by atoms with E-state index in [-0.39, 0.29) is 10.6 Å². The lowest BCUT2D eigenvalue weighted by atomic mass is 10.1. The second kappa shape index (κ2) is 24.6. The Labute approximate surface area is 315 Å². The van der Waals surface area contributed by atoms with Gasteiger partial charge in [0.2, 0.25) is 0 Å². The number of benzene rings is 5. The lowest BCUT2D eigenvalue weighted by molar-refractivity contribution is -0.385. The number of hydrogen-bond acceptors (Lipinski definition) is 5. The molecule has 274 valence electrons. The number of nitro groups is 1. The van der Waals surface area contributed by atoms with Gasteiger partial charge in [0.1, 0.15) is 17.2 Å². The molecule has 5 rings (SSSR count). The molecule has 0 saturated heterocycles. The zero-order valence-corrected chi connectivity index (χ0v) is 33.2. The molecule has 0 spiro atoms. The fourth-order valence-corrected chi connectivity index (χ4v) is 4.68. The molecule has 0 N–H and O–H groups in total. The normalized spacial score (nSPS) is 9.57. The first kappa shape index (κ1) is 44.5. The predicted molar refractivity (Wildman–Crippen MR) is 216 cm³/mol. The van der Waals surface area contributed by atoms with Crippen molar-refractivity contribution in [3.63, 3.8) is 0 Å². The zero-order chi connectivity index (χ0) is 38.3. The van der Waals surface area contributed by atoms with Crippen LogP contribution in [0.4, 0.5) is 5.69 Å². The smallest absolute Gasteiger partial charge is 0.272 e. The third-order valence-corrected chi connectivity index (χ3v) is 7.77. The molecular formula is C43H53Cl2NO5. The summed E-state index contributed by atoms with van der Waals surface area (Å²) in [6.07, 6.45) is 1.06. The van der Waals surface area contributed by atoms with Gasteiger partial charge in [0.05, 0.1) is 35.3 Å². The van der Waals surface area contributed by atoms with Crippen LogP contribution in [-0.4, -0.2) is 25.2 Å². The Morgan fingerprint density at radius 1 is 0.588 bits per heavy atom. The van der Waals surface area contributed by atoms with Crippen molar-refractivity contribution in [1.82, 2.24) is 0 Å². The zero-order valence-electron chi connectivity index (χ0n) is 31.7. The van der Waals surface area contributed by atoms with Gasteiger partial charge in [-0.15, -0.1) is 0 Å². The quantitative estimate of drug-likeness (QED) is 0.123. The van der Waals surface area contributed by atoms with Gasteiger partial charge in [-0.05, 0) is 126 Å². The third-order valence-electron chi connectivity index (χ3n) is 7.18. The largest absolute Gasteiger partial charge is 0.495 e. The topological polar surface area (TPSA) is 70.8 Å². The van der Waals surface area contributed by atoms with Crippen LogP contribution >= 0.6 is 23.2 Å². The minimum absolute atomic E-state index is 0.199. The van der Waals surface area contributed by atoms with Crippen LogP contribution in [0.1, 0.15) is 59.2 Å². The molecule has 5 aromatic carbocycles. The van der Waals surface area contributed by atoms with Crippen LogP contribution in [0, 0.1) is 58.6 Å². The van der Waals surface area contributed by atoms with E-state index in [9.17, 15) is 10.1 Å². The average molecular weight is 735 g/mol. The van der Waals surface area contributed by atoms with Crippen molar-refractivity contribution in [2.45, 2.75) is 68.7 Å². The first-order valence-electron chi connectivity index (χ1n) is 16.8. The van der Waals surface area contributed by atoms with Crippen molar-refractivity contribution in [3.05, 3.63) is 162 Å². The van der Waals surface area contributed by atoms with E-state index in [1.807, 2.05) is 82.3 Å². The van der Waals surface area contributed by atoms with Gasteiger partial charge in [0, 0.05) is 11.6 Å². The molecule has 5 aromatic rings. The van der Waals surface area contributed by atoms with Crippen LogP contribution in [0.3, 0.4) is 0 Å². The van der Waals surface area contributed by atoms with E-state index in [2.05, 4.69) is 64.1 Å². The van der Waals surface area contributed by atoms with Gasteiger partial charge in [-0.2, -0.15) is 0 Å². The van der Waals surface area contributed by atoms with Crippen LogP contribution in [0.2, 0.25) is 10.0 Å². The summed E-state index contributed by atoms with van der Waals surface area (Å²) in [5, 5.41) is 11.7. The van der Waals surface area contributed by atoms with Gasteiger partial charge in [-0.1, -0.05) is 96.4 Å². The molecule has 6 nitrogen and oxygen atoms in total.